The quantitative estimate of drug-likeness (QED) is 0.470. The third-order valence-corrected chi connectivity index (χ3v) is 2.07. The van der Waals surface area contributed by atoms with Crippen molar-refractivity contribution in [2.24, 2.45) is 0 Å². The number of hydrogen-bond acceptors (Lipinski definition) is 3. The zero-order valence-corrected chi connectivity index (χ0v) is 13.2. The topological polar surface area (TPSA) is 71.4 Å². The van der Waals surface area contributed by atoms with Gasteiger partial charge in [0.2, 0.25) is 0 Å². The SMILES string of the molecule is C=CC[N+](CC=C)(CC=C)CC=C.[O]=[Re](=[O])(=[O])[OH]. The van der Waals surface area contributed by atoms with Gasteiger partial charge >= 0.3 is 30.0 Å². The summed E-state index contributed by atoms with van der Waals surface area (Å²) in [5, 5.41) is 0. The fraction of sp³-hybridized carbons (Fsp3) is 0.333. The molecule has 0 saturated heterocycles. The molecule has 5 nitrogen and oxygen atoms in total. The predicted molar refractivity (Wildman–Crippen MR) is 64.8 cm³/mol. The molecule has 0 saturated carbocycles. The summed E-state index contributed by atoms with van der Waals surface area (Å²) in [6.45, 7) is 18.8. The van der Waals surface area contributed by atoms with Gasteiger partial charge in [0.05, 0.1) is 26.2 Å². The van der Waals surface area contributed by atoms with E-state index in [4.69, 9.17) is 14.2 Å². The van der Waals surface area contributed by atoms with Crippen LogP contribution in [0.1, 0.15) is 0 Å². The second kappa shape index (κ2) is 9.92. The molecule has 0 heterocycles. The van der Waals surface area contributed by atoms with Gasteiger partial charge in [-0.05, 0) is 24.3 Å². The first kappa shape index (κ1) is 19.3. The van der Waals surface area contributed by atoms with Crippen LogP contribution in [0.25, 0.3) is 0 Å². The molecule has 0 amide bonds. The summed E-state index contributed by atoms with van der Waals surface area (Å²) >= 11 is -5.86. The molecule has 0 fully saturated rings. The van der Waals surface area contributed by atoms with E-state index in [1.807, 2.05) is 24.3 Å². The number of nitrogens with zero attached hydrogens (tertiary/aromatic N) is 1. The summed E-state index contributed by atoms with van der Waals surface area (Å²) in [6.07, 6.45) is 7.76. The van der Waals surface area contributed by atoms with E-state index in [1.54, 1.807) is 0 Å². The van der Waals surface area contributed by atoms with E-state index in [2.05, 4.69) is 26.3 Å². The number of rotatable bonds is 8. The summed E-state index contributed by atoms with van der Waals surface area (Å²) in [5.41, 5.74) is 0. The summed E-state index contributed by atoms with van der Waals surface area (Å²) < 4.78 is 34.2. The molecule has 0 aromatic carbocycles. The zero-order chi connectivity index (χ0) is 14.7. The fourth-order valence-electron chi connectivity index (χ4n) is 1.54. The molecule has 0 spiro atoms. The Morgan fingerprint density at radius 3 is 1.06 bits per heavy atom. The van der Waals surface area contributed by atoms with Crippen molar-refractivity contribution in [2.75, 3.05) is 26.2 Å². The molecule has 0 rings (SSSR count). The molecule has 0 unspecified atom stereocenters. The van der Waals surface area contributed by atoms with Crippen LogP contribution in [0.4, 0.5) is 0 Å². The molecule has 18 heavy (non-hydrogen) atoms. The number of hydrogen-bond donors (Lipinski definition) is 1. The van der Waals surface area contributed by atoms with E-state index in [-0.39, 0.29) is 0 Å². The average molecular weight is 430 g/mol. The summed E-state index contributed by atoms with van der Waals surface area (Å²) in [6, 6.07) is 0. The van der Waals surface area contributed by atoms with Crippen LogP contribution in [0, 0.1) is 0 Å². The Hall–Kier alpha value is -1.06. The van der Waals surface area contributed by atoms with Crippen molar-refractivity contribution >= 4 is 0 Å². The van der Waals surface area contributed by atoms with Gasteiger partial charge in [0, 0.05) is 0 Å². The van der Waals surface area contributed by atoms with Gasteiger partial charge < -0.3 is 4.48 Å². The van der Waals surface area contributed by atoms with E-state index in [0.29, 0.717) is 0 Å². The molecule has 0 bridgehead atoms. The Morgan fingerprint density at radius 1 is 0.778 bits per heavy atom. The number of quaternary nitrogens is 1. The third kappa shape index (κ3) is 13.0. The van der Waals surface area contributed by atoms with Crippen LogP contribution in [0.2, 0.25) is 0 Å². The molecule has 0 aliphatic rings. The first-order chi connectivity index (χ1) is 8.24. The third-order valence-electron chi connectivity index (χ3n) is 2.07. The van der Waals surface area contributed by atoms with Crippen LogP contribution >= 0.6 is 0 Å². The summed E-state index contributed by atoms with van der Waals surface area (Å²) in [5.74, 6) is 0. The molecular weight excluding hydrogens is 408 g/mol. The predicted octanol–water partition coefficient (Wildman–Crippen LogP) is 1.63. The van der Waals surface area contributed by atoms with Crippen LogP contribution in [0.3, 0.4) is 0 Å². The Balaban J connectivity index is 0. The normalized spacial score (nSPS) is 10.7. The Bertz CT molecular complexity index is 372. The van der Waals surface area contributed by atoms with E-state index in [9.17, 15) is 0 Å². The molecule has 6 heteroatoms. The monoisotopic (exact) mass is 430 g/mol. The minimum atomic E-state index is -5.86. The Labute approximate surface area is 111 Å². The van der Waals surface area contributed by atoms with Gasteiger partial charge in [0.1, 0.15) is 0 Å². The Morgan fingerprint density at radius 2 is 0.944 bits per heavy atom. The maximum absolute atomic E-state index is 8.75. The van der Waals surface area contributed by atoms with Crippen LogP contribution in [0.5, 0.6) is 0 Å². The van der Waals surface area contributed by atoms with Crippen molar-refractivity contribution in [2.45, 2.75) is 0 Å². The van der Waals surface area contributed by atoms with Crippen LogP contribution < -0.4 is 0 Å². The van der Waals surface area contributed by atoms with Gasteiger partial charge in [-0.2, -0.15) is 0 Å². The molecule has 0 aromatic rings. The van der Waals surface area contributed by atoms with Crippen molar-refractivity contribution in [1.29, 1.82) is 0 Å². The van der Waals surface area contributed by atoms with E-state index >= 15 is 0 Å². The van der Waals surface area contributed by atoms with Crippen molar-refractivity contribution in [3.63, 3.8) is 0 Å². The molecule has 0 aliphatic heterocycles. The zero-order valence-electron chi connectivity index (χ0n) is 10.5. The Kier molecular flexibility index (Phi) is 10.6. The molecule has 0 radical (unpaired) electrons. The first-order valence-corrected chi connectivity index (χ1v) is 9.70. The van der Waals surface area contributed by atoms with Gasteiger partial charge in [-0.3, -0.25) is 0 Å². The maximum atomic E-state index is 8.75. The fourth-order valence-corrected chi connectivity index (χ4v) is 1.54. The van der Waals surface area contributed by atoms with Gasteiger partial charge in [-0.25, -0.2) is 0 Å². The molecule has 0 aliphatic carbocycles. The van der Waals surface area contributed by atoms with Crippen LogP contribution in [-0.2, 0) is 26.2 Å². The van der Waals surface area contributed by atoms with Gasteiger partial charge in [0.15, 0.2) is 0 Å². The van der Waals surface area contributed by atoms with E-state index in [0.717, 1.165) is 30.7 Å². The van der Waals surface area contributed by atoms with Crippen LogP contribution in [-0.4, -0.2) is 34.5 Å². The van der Waals surface area contributed by atoms with Crippen molar-refractivity contribution in [3.8, 4) is 0 Å². The van der Waals surface area contributed by atoms with E-state index in [1.165, 1.54) is 0 Å². The van der Waals surface area contributed by atoms with E-state index < -0.39 is 15.8 Å². The van der Waals surface area contributed by atoms with Gasteiger partial charge in [-0.1, -0.05) is 26.3 Å². The first-order valence-electron chi connectivity index (χ1n) is 5.16. The van der Waals surface area contributed by atoms with Crippen molar-refractivity contribution < 1.29 is 34.5 Å². The van der Waals surface area contributed by atoms with Gasteiger partial charge in [0.25, 0.3) is 0 Å². The van der Waals surface area contributed by atoms with Crippen LogP contribution in [0.15, 0.2) is 50.6 Å². The second-order valence-electron chi connectivity index (χ2n) is 3.62. The van der Waals surface area contributed by atoms with Crippen molar-refractivity contribution in [1.82, 2.24) is 0 Å². The summed E-state index contributed by atoms with van der Waals surface area (Å²) in [7, 11) is 0. The standard InChI is InChI=1S/C12H20N.H2O.3O.Re/c1-5-9-13(10-6-2,11-7-3)12-8-4;;;;;/h5-8H,1-4,9-12H2;1H2;;;;/q+1;;;;;+1/p-1. The second-order valence-corrected chi connectivity index (χ2v) is 6.47. The molecule has 104 valence electrons. The van der Waals surface area contributed by atoms with Crippen molar-refractivity contribution in [3.05, 3.63) is 50.6 Å². The average Bonchev–Trinajstić information content (AvgIpc) is 2.16. The molecular formula is C12H21NO4Re+. The molecule has 0 atom stereocenters. The molecule has 1 N–H and O–H groups in total. The molecule has 0 aromatic heterocycles. The van der Waals surface area contributed by atoms with Gasteiger partial charge in [-0.15, -0.1) is 0 Å². The minimum absolute atomic E-state index is 0.903. The summed E-state index contributed by atoms with van der Waals surface area (Å²) in [4.78, 5) is 0.